The molecular weight excluding hydrogens is 370 g/mol. The molecule has 1 aromatic carbocycles. The van der Waals surface area contributed by atoms with Crippen LogP contribution < -0.4 is 19.5 Å². The minimum Gasteiger partial charge on any atom is -0.486 e. The molecule has 1 aromatic heterocycles. The van der Waals surface area contributed by atoms with E-state index in [4.69, 9.17) is 9.47 Å². The van der Waals surface area contributed by atoms with Crippen LogP contribution in [-0.4, -0.2) is 63.9 Å². The zero-order valence-electron chi connectivity index (χ0n) is 15.3. The second kappa shape index (κ2) is 8.40. The van der Waals surface area contributed by atoms with E-state index in [1.54, 1.807) is 18.2 Å². The summed E-state index contributed by atoms with van der Waals surface area (Å²) in [7, 11) is 0.228. The fourth-order valence-corrected chi connectivity index (χ4v) is 3.49. The summed E-state index contributed by atoms with van der Waals surface area (Å²) >= 11 is 0. The molecule has 146 valence electrons. The summed E-state index contributed by atoms with van der Waals surface area (Å²) in [4.78, 5) is 2.17. The minimum atomic E-state index is -3.80. The van der Waals surface area contributed by atoms with Gasteiger partial charge in [0.2, 0.25) is 0 Å². The third-order valence-electron chi connectivity index (χ3n) is 3.82. The smallest absolute Gasteiger partial charge is 0.263 e. The number of rotatable bonds is 8. The van der Waals surface area contributed by atoms with E-state index in [1.165, 1.54) is 12.1 Å². The highest BCUT2D eigenvalue weighted by molar-refractivity contribution is 7.92. The van der Waals surface area contributed by atoms with Gasteiger partial charge in [-0.15, -0.1) is 10.2 Å². The molecule has 2 aromatic rings. The second-order valence-corrected chi connectivity index (χ2v) is 7.98. The zero-order valence-corrected chi connectivity index (χ0v) is 16.1. The molecule has 0 radical (unpaired) electrons. The molecule has 0 saturated carbocycles. The summed E-state index contributed by atoms with van der Waals surface area (Å²) in [5.41, 5.74) is 0. The van der Waals surface area contributed by atoms with Crippen LogP contribution in [0.4, 0.5) is 11.6 Å². The van der Waals surface area contributed by atoms with E-state index < -0.39 is 10.0 Å². The predicted octanol–water partition coefficient (Wildman–Crippen LogP) is 1.41. The van der Waals surface area contributed by atoms with Crippen LogP contribution in [0, 0.1) is 0 Å². The summed E-state index contributed by atoms with van der Waals surface area (Å²) in [6, 6.07) is 7.73. The Bertz CT molecular complexity index is 871. The van der Waals surface area contributed by atoms with Crippen LogP contribution in [0.25, 0.3) is 0 Å². The lowest BCUT2D eigenvalue weighted by Gasteiger charge is -2.18. The molecule has 0 saturated heterocycles. The topological polar surface area (TPSA) is 106 Å². The maximum atomic E-state index is 12.6. The molecule has 1 aliphatic heterocycles. The fraction of sp³-hybridized carbons (Fsp3) is 0.412. The van der Waals surface area contributed by atoms with Crippen molar-refractivity contribution >= 4 is 21.7 Å². The van der Waals surface area contributed by atoms with E-state index >= 15 is 0 Å². The van der Waals surface area contributed by atoms with Crippen molar-refractivity contribution in [3.63, 3.8) is 0 Å². The van der Waals surface area contributed by atoms with Crippen molar-refractivity contribution in [3.8, 4) is 11.5 Å². The summed E-state index contributed by atoms with van der Waals surface area (Å²) in [5.74, 6) is 1.68. The summed E-state index contributed by atoms with van der Waals surface area (Å²) < 4.78 is 38.4. The Labute approximate surface area is 158 Å². The van der Waals surface area contributed by atoms with Gasteiger partial charge in [0.05, 0.1) is 4.90 Å². The first-order valence-corrected chi connectivity index (χ1v) is 10.1. The Morgan fingerprint density at radius 2 is 1.74 bits per heavy atom. The van der Waals surface area contributed by atoms with E-state index in [-0.39, 0.29) is 10.7 Å². The van der Waals surface area contributed by atoms with Gasteiger partial charge in [-0.2, -0.15) is 0 Å². The summed E-state index contributed by atoms with van der Waals surface area (Å²) in [6.07, 6.45) is 0.965. The van der Waals surface area contributed by atoms with E-state index in [9.17, 15) is 8.42 Å². The summed E-state index contributed by atoms with van der Waals surface area (Å²) in [6.45, 7) is 2.56. The molecule has 2 N–H and O–H groups in total. The van der Waals surface area contributed by atoms with Gasteiger partial charge in [-0.25, -0.2) is 8.42 Å². The van der Waals surface area contributed by atoms with Crippen molar-refractivity contribution < 1.29 is 17.9 Å². The molecule has 0 unspecified atom stereocenters. The number of ether oxygens (including phenoxy) is 2. The zero-order chi connectivity index (χ0) is 19.3. The quantitative estimate of drug-likeness (QED) is 0.649. The highest BCUT2D eigenvalue weighted by Gasteiger charge is 2.20. The van der Waals surface area contributed by atoms with E-state index in [2.05, 4.69) is 25.1 Å². The lowest BCUT2D eigenvalue weighted by molar-refractivity contribution is 0.171. The van der Waals surface area contributed by atoms with Crippen LogP contribution in [0.3, 0.4) is 0 Å². The van der Waals surface area contributed by atoms with Crippen molar-refractivity contribution in [1.82, 2.24) is 15.1 Å². The Kier molecular flexibility index (Phi) is 5.97. The highest BCUT2D eigenvalue weighted by Crippen LogP contribution is 2.32. The lowest BCUT2D eigenvalue weighted by Crippen LogP contribution is -2.18. The molecule has 0 aliphatic carbocycles. The lowest BCUT2D eigenvalue weighted by atomic mass is 10.3. The van der Waals surface area contributed by atoms with Crippen LogP contribution in [0.1, 0.15) is 6.42 Å². The van der Waals surface area contributed by atoms with Crippen LogP contribution in [0.5, 0.6) is 11.5 Å². The number of nitrogens with zero attached hydrogens (tertiary/aromatic N) is 3. The van der Waals surface area contributed by atoms with Gasteiger partial charge in [0.25, 0.3) is 10.0 Å². The van der Waals surface area contributed by atoms with Crippen LogP contribution in [0.2, 0.25) is 0 Å². The van der Waals surface area contributed by atoms with Crippen molar-refractivity contribution in [2.45, 2.75) is 11.3 Å². The maximum absolute atomic E-state index is 12.6. The highest BCUT2D eigenvalue weighted by atomic mass is 32.2. The van der Waals surface area contributed by atoms with E-state index in [0.717, 1.165) is 19.5 Å². The Morgan fingerprint density at radius 1 is 1.04 bits per heavy atom. The van der Waals surface area contributed by atoms with Gasteiger partial charge >= 0.3 is 0 Å². The van der Waals surface area contributed by atoms with Crippen molar-refractivity contribution in [2.24, 2.45) is 0 Å². The average Bonchev–Trinajstić information content (AvgIpc) is 2.65. The standard InChI is InChI=1S/C17H23N5O4S/c1-22(2)9-3-8-18-16-6-7-17(20-19-16)21-27(23,24)13-4-5-14-15(12-13)26-11-10-25-14/h4-7,12H,3,8-11H2,1-2H3,(H,18,19)(H,20,21). The number of benzene rings is 1. The van der Waals surface area contributed by atoms with Gasteiger partial charge in [0.15, 0.2) is 17.3 Å². The number of anilines is 2. The number of aromatic nitrogens is 2. The monoisotopic (exact) mass is 393 g/mol. The fourth-order valence-electron chi connectivity index (χ4n) is 2.48. The molecule has 0 spiro atoms. The van der Waals surface area contributed by atoms with Crippen LogP contribution >= 0.6 is 0 Å². The van der Waals surface area contributed by atoms with Gasteiger partial charge in [0.1, 0.15) is 19.0 Å². The molecule has 1 aliphatic rings. The normalized spacial score (nSPS) is 13.4. The van der Waals surface area contributed by atoms with Crippen molar-refractivity contribution in [3.05, 3.63) is 30.3 Å². The molecule has 9 nitrogen and oxygen atoms in total. The van der Waals surface area contributed by atoms with Crippen molar-refractivity contribution in [1.29, 1.82) is 0 Å². The van der Waals surface area contributed by atoms with Gasteiger partial charge in [-0.1, -0.05) is 0 Å². The van der Waals surface area contributed by atoms with Crippen molar-refractivity contribution in [2.75, 3.05) is 50.4 Å². The van der Waals surface area contributed by atoms with E-state index in [0.29, 0.717) is 30.5 Å². The number of hydrogen-bond donors (Lipinski definition) is 2. The van der Waals surface area contributed by atoms with Crippen LogP contribution in [0.15, 0.2) is 35.2 Å². The second-order valence-electron chi connectivity index (χ2n) is 6.30. The van der Waals surface area contributed by atoms with Crippen LogP contribution in [-0.2, 0) is 10.0 Å². The van der Waals surface area contributed by atoms with Gasteiger partial charge in [0, 0.05) is 12.6 Å². The molecule has 0 atom stereocenters. The largest absolute Gasteiger partial charge is 0.486 e. The molecule has 3 rings (SSSR count). The minimum absolute atomic E-state index is 0.0689. The molecule has 0 bridgehead atoms. The molecular formula is C17H23N5O4S. The number of sulfonamides is 1. The Hall–Kier alpha value is -2.59. The Balaban J connectivity index is 1.62. The molecule has 10 heteroatoms. The summed E-state index contributed by atoms with van der Waals surface area (Å²) in [5, 5.41) is 11.1. The predicted molar refractivity (Wildman–Crippen MR) is 102 cm³/mol. The first-order chi connectivity index (χ1) is 12.9. The number of hydrogen-bond acceptors (Lipinski definition) is 8. The Morgan fingerprint density at radius 3 is 2.44 bits per heavy atom. The van der Waals surface area contributed by atoms with Gasteiger partial charge < -0.3 is 19.7 Å². The van der Waals surface area contributed by atoms with Gasteiger partial charge in [-0.05, 0) is 51.3 Å². The third-order valence-corrected chi connectivity index (χ3v) is 5.17. The molecule has 0 amide bonds. The average molecular weight is 393 g/mol. The molecule has 2 heterocycles. The number of nitrogens with one attached hydrogen (secondary N) is 2. The third kappa shape index (κ3) is 5.20. The number of fused-ring (bicyclic) bond motifs is 1. The molecule has 27 heavy (non-hydrogen) atoms. The first kappa shape index (κ1) is 19.2. The maximum Gasteiger partial charge on any atom is 0.263 e. The van der Waals surface area contributed by atoms with Gasteiger partial charge in [-0.3, -0.25) is 4.72 Å². The molecule has 0 fully saturated rings. The first-order valence-electron chi connectivity index (χ1n) is 8.59. The van der Waals surface area contributed by atoms with E-state index in [1.807, 2.05) is 14.1 Å². The SMILES string of the molecule is CN(C)CCCNc1ccc(NS(=O)(=O)c2ccc3c(c2)OCCO3)nn1.